The van der Waals surface area contributed by atoms with Crippen molar-refractivity contribution in [2.45, 2.75) is 32.4 Å². The summed E-state index contributed by atoms with van der Waals surface area (Å²) >= 11 is 0. The third kappa shape index (κ3) is 4.70. The number of urea groups is 1. The van der Waals surface area contributed by atoms with Crippen LogP contribution in [0, 0.1) is 6.92 Å². The molecule has 0 unspecified atom stereocenters. The summed E-state index contributed by atoms with van der Waals surface area (Å²) in [4.78, 5) is 18.8. The van der Waals surface area contributed by atoms with Crippen molar-refractivity contribution in [3.63, 3.8) is 0 Å². The predicted octanol–water partition coefficient (Wildman–Crippen LogP) is 1.55. The quantitative estimate of drug-likeness (QED) is 0.833. The molecule has 0 atom stereocenters. The minimum atomic E-state index is -0.152. The first-order valence-corrected chi connectivity index (χ1v) is 8.86. The van der Waals surface area contributed by atoms with Crippen LogP contribution in [-0.4, -0.2) is 59.7 Å². The highest BCUT2D eigenvalue weighted by molar-refractivity contribution is 5.73. The van der Waals surface area contributed by atoms with E-state index in [-0.39, 0.29) is 6.03 Å². The van der Waals surface area contributed by atoms with Gasteiger partial charge in [0.1, 0.15) is 5.65 Å². The Hall–Kier alpha value is -2.12. The van der Waals surface area contributed by atoms with Gasteiger partial charge in [-0.3, -0.25) is 0 Å². The summed E-state index contributed by atoms with van der Waals surface area (Å²) in [5, 5.41) is 5.78. The van der Waals surface area contributed by atoms with Crippen LogP contribution in [0.15, 0.2) is 24.4 Å². The van der Waals surface area contributed by atoms with E-state index in [9.17, 15) is 4.79 Å². The fourth-order valence-corrected chi connectivity index (χ4v) is 3.21. The van der Waals surface area contributed by atoms with Gasteiger partial charge in [-0.2, -0.15) is 0 Å². The Morgan fingerprint density at radius 1 is 1.32 bits per heavy atom. The number of piperidine rings is 1. The molecule has 0 spiro atoms. The summed E-state index contributed by atoms with van der Waals surface area (Å²) in [6.07, 6.45) is 4.48. The molecule has 1 fully saturated rings. The average molecular weight is 345 g/mol. The van der Waals surface area contributed by atoms with E-state index >= 15 is 0 Å². The van der Waals surface area contributed by atoms with Gasteiger partial charge in [-0.1, -0.05) is 6.07 Å². The van der Waals surface area contributed by atoms with E-state index in [1.54, 1.807) is 7.11 Å². The van der Waals surface area contributed by atoms with Crippen LogP contribution >= 0.6 is 0 Å². The number of methoxy groups -OCH3 is 1. The smallest absolute Gasteiger partial charge is 0.315 e. The van der Waals surface area contributed by atoms with E-state index in [1.165, 1.54) is 0 Å². The Balaban J connectivity index is 1.37. The summed E-state index contributed by atoms with van der Waals surface area (Å²) in [7, 11) is 1.77. The Bertz CT molecular complexity index is 707. The fourth-order valence-electron chi connectivity index (χ4n) is 3.21. The van der Waals surface area contributed by atoms with Gasteiger partial charge in [0.15, 0.2) is 0 Å². The van der Waals surface area contributed by atoms with E-state index in [1.807, 2.05) is 35.7 Å². The number of fused-ring (bicyclic) bond motifs is 1. The predicted molar refractivity (Wildman–Crippen MR) is 96.6 cm³/mol. The number of imidazole rings is 1. The summed E-state index contributed by atoms with van der Waals surface area (Å²) in [5.74, 6) is 0. The number of hydrogen-bond acceptors (Lipinski definition) is 4. The van der Waals surface area contributed by atoms with Crippen LogP contribution in [0.4, 0.5) is 4.79 Å². The first-order valence-electron chi connectivity index (χ1n) is 8.86. The molecule has 0 aromatic carbocycles. The summed E-state index contributed by atoms with van der Waals surface area (Å²) in [6.45, 7) is 6.04. The van der Waals surface area contributed by atoms with Gasteiger partial charge >= 0.3 is 6.03 Å². The molecule has 7 nitrogen and oxygen atoms in total. The average Bonchev–Trinajstić information content (AvgIpc) is 3.05. The zero-order valence-corrected chi connectivity index (χ0v) is 15.0. The lowest BCUT2D eigenvalue weighted by Crippen LogP contribution is -2.43. The van der Waals surface area contributed by atoms with Crippen molar-refractivity contribution in [1.82, 2.24) is 24.9 Å². The van der Waals surface area contributed by atoms with Crippen LogP contribution in [0.25, 0.3) is 5.65 Å². The number of carbonyl (C=O) groups is 1. The van der Waals surface area contributed by atoms with Crippen molar-refractivity contribution in [3.05, 3.63) is 35.8 Å². The maximum Gasteiger partial charge on any atom is 0.315 e. The molecule has 1 saturated heterocycles. The number of rotatable bonds is 6. The number of pyridine rings is 1. The van der Waals surface area contributed by atoms with Gasteiger partial charge < -0.3 is 24.7 Å². The minimum absolute atomic E-state index is 0.152. The molecule has 1 aliphatic heterocycles. The maximum atomic E-state index is 11.9. The SMILES string of the molecule is COC1CCN(CCNC(=O)NCc2cn3c(C)cccc3n2)CC1. The molecule has 2 amide bonds. The van der Waals surface area contributed by atoms with Crippen LogP contribution in [0.1, 0.15) is 24.2 Å². The van der Waals surface area contributed by atoms with Crippen LogP contribution in [0.2, 0.25) is 0 Å². The van der Waals surface area contributed by atoms with E-state index in [0.717, 1.165) is 49.5 Å². The second kappa shape index (κ2) is 8.31. The number of likely N-dealkylation sites (tertiary alicyclic amines) is 1. The van der Waals surface area contributed by atoms with E-state index < -0.39 is 0 Å². The normalized spacial score (nSPS) is 16.2. The van der Waals surface area contributed by atoms with E-state index in [4.69, 9.17) is 4.74 Å². The van der Waals surface area contributed by atoms with Gasteiger partial charge in [0.05, 0.1) is 18.3 Å². The number of ether oxygens (including phenoxy) is 1. The van der Waals surface area contributed by atoms with Crippen molar-refractivity contribution in [2.24, 2.45) is 0 Å². The summed E-state index contributed by atoms with van der Waals surface area (Å²) in [6, 6.07) is 5.83. The second-order valence-electron chi connectivity index (χ2n) is 6.51. The van der Waals surface area contributed by atoms with Gasteiger partial charge in [-0.05, 0) is 31.9 Å². The third-order valence-corrected chi connectivity index (χ3v) is 4.76. The highest BCUT2D eigenvalue weighted by Gasteiger charge is 2.18. The van der Waals surface area contributed by atoms with Crippen LogP contribution in [0.3, 0.4) is 0 Å². The van der Waals surface area contributed by atoms with Gasteiger partial charge in [0.25, 0.3) is 0 Å². The molecule has 1 aliphatic rings. The lowest BCUT2D eigenvalue weighted by Gasteiger charge is -2.31. The highest BCUT2D eigenvalue weighted by Crippen LogP contribution is 2.12. The Morgan fingerprint density at radius 3 is 2.84 bits per heavy atom. The standard InChI is InChI=1S/C18H27N5O2/c1-14-4-3-5-17-21-15(13-23(14)17)12-20-18(24)19-8-11-22-9-6-16(25-2)7-10-22/h3-5,13,16H,6-12H2,1-2H3,(H2,19,20,24). The van der Waals surface area contributed by atoms with Gasteiger partial charge in [0, 0.05) is 45.2 Å². The zero-order chi connectivity index (χ0) is 17.6. The Labute approximate surface area is 148 Å². The van der Waals surface area contributed by atoms with E-state index in [2.05, 4.69) is 20.5 Å². The number of nitrogens with one attached hydrogen (secondary N) is 2. The number of carbonyl (C=O) groups excluding carboxylic acids is 1. The first-order chi connectivity index (χ1) is 12.2. The third-order valence-electron chi connectivity index (χ3n) is 4.76. The molecule has 0 bridgehead atoms. The molecule has 2 aromatic rings. The number of amides is 2. The largest absolute Gasteiger partial charge is 0.381 e. The lowest BCUT2D eigenvalue weighted by molar-refractivity contribution is 0.0416. The number of nitrogens with zero attached hydrogens (tertiary/aromatic N) is 3. The van der Waals surface area contributed by atoms with Gasteiger partial charge in [-0.25, -0.2) is 9.78 Å². The molecular weight excluding hydrogens is 318 g/mol. The summed E-state index contributed by atoms with van der Waals surface area (Å²) < 4.78 is 7.40. The molecule has 0 radical (unpaired) electrons. The van der Waals surface area contributed by atoms with Crippen LogP contribution < -0.4 is 10.6 Å². The molecule has 3 heterocycles. The fraction of sp³-hybridized carbons (Fsp3) is 0.556. The number of hydrogen-bond donors (Lipinski definition) is 2. The topological polar surface area (TPSA) is 70.9 Å². The van der Waals surface area contributed by atoms with Gasteiger partial charge in [0.2, 0.25) is 0 Å². The van der Waals surface area contributed by atoms with E-state index in [0.29, 0.717) is 19.2 Å². The van der Waals surface area contributed by atoms with Crippen molar-refractivity contribution < 1.29 is 9.53 Å². The maximum absolute atomic E-state index is 11.9. The van der Waals surface area contributed by atoms with Crippen LogP contribution in [-0.2, 0) is 11.3 Å². The monoisotopic (exact) mass is 345 g/mol. The number of aryl methyl sites for hydroxylation is 1. The van der Waals surface area contributed by atoms with Crippen LogP contribution in [0.5, 0.6) is 0 Å². The van der Waals surface area contributed by atoms with Crippen molar-refractivity contribution in [1.29, 1.82) is 0 Å². The molecule has 25 heavy (non-hydrogen) atoms. The molecule has 2 N–H and O–H groups in total. The number of aromatic nitrogens is 2. The Kier molecular flexibility index (Phi) is 5.88. The molecule has 3 rings (SSSR count). The van der Waals surface area contributed by atoms with Crippen molar-refractivity contribution in [3.8, 4) is 0 Å². The second-order valence-corrected chi connectivity index (χ2v) is 6.51. The molecule has 136 valence electrons. The molecular formula is C18H27N5O2. The van der Waals surface area contributed by atoms with Crippen molar-refractivity contribution in [2.75, 3.05) is 33.3 Å². The summed E-state index contributed by atoms with van der Waals surface area (Å²) in [5.41, 5.74) is 2.88. The zero-order valence-electron chi connectivity index (χ0n) is 15.0. The molecule has 0 aliphatic carbocycles. The molecule has 2 aromatic heterocycles. The minimum Gasteiger partial charge on any atom is -0.381 e. The van der Waals surface area contributed by atoms with Gasteiger partial charge in [-0.15, -0.1) is 0 Å². The molecule has 7 heteroatoms. The lowest BCUT2D eigenvalue weighted by atomic mass is 10.1. The van der Waals surface area contributed by atoms with Crippen molar-refractivity contribution >= 4 is 11.7 Å². The Morgan fingerprint density at radius 2 is 2.12 bits per heavy atom. The highest BCUT2D eigenvalue weighted by atomic mass is 16.5. The molecule has 0 saturated carbocycles. The first kappa shape index (κ1) is 17.7.